The van der Waals surface area contributed by atoms with E-state index in [0.29, 0.717) is 35.7 Å². The predicted octanol–water partition coefficient (Wildman–Crippen LogP) is 5.05. The minimum absolute atomic E-state index is 0.132. The van der Waals surface area contributed by atoms with Gasteiger partial charge in [0, 0.05) is 6.54 Å². The number of nitrogens with one attached hydrogen (secondary N) is 1. The first-order chi connectivity index (χ1) is 15.4. The quantitative estimate of drug-likeness (QED) is 0.432. The maximum absolute atomic E-state index is 12.5. The van der Waals surface area contributed by atoms with Gasteiger partial charge in [-0.15, -0.1) is 10.2 Å². The van der Waals surface area contributed by atoms with Crippen LogP contribution in [-0.4, -0.2) is 33.5 Å². The molecule has 3 rings (SSSR count). The maximum atomic E-state index is 12.5. The lowest BCUT2D eigenvalue weighted by atomic mass is 10.0. The zero-order valence-corrected chi connectivity index (χ0v) is 20.0. The summed E-state index contributed by atoms with van der Waals surface area (Å²) >= 11 is 1.35. The Morgan fingerprint density at radius 1 is 1.16 bits per heavy atom. The largest absolute Gasteiger partial charge is 0.495 e. The number of amides is 1. The highest BCUT2D eigenvalue weighted by atomic mass is 32.2. The molecule has 0 aliphatic heterocycles. The van der Waals surface area contributed by atoms with Gasteiger partial charge in [0.1, 0.15) is 18.1 Å². The lowest BCUT2D eigenvalue weighted by Gasteiger charge is -2.11. The topological polar surface area (TPSA) is 78.3 Å². The van der Waals surface area contributed by atoms with E-state index < -0.39 is 0 Å². The molecule has 3 aromatic rings. The number of nitrogens with zero attached hydrogens (tertiary/aromatic N) is 3. The Morgan fingerprint density at radius 3 is 2.56 bits per heavy atom. The molecule has 0 aliphatic carbocycles. The number of aromatic nitrogens is 3. The number of anilines is 1. The molecule has 32 heavy (non-hydrogen) atoms. The van der Waals surface area contributed by atoms with E-state index in [1.807, 2.05) is 48.7 Å². The number of aryl methyl sites for hydroxylation is 1. The highest BCUT2D eigenvalue weighted by Gasteiger charge is 2.15. The Bertz CT molecular complexity index is 1050. The predicted molar refractivity (Wildman–Crippen MR) is 128 cm³/mol. The number of thioether (sulfide) groups is 1. The fraction of sp³-hybridized carbons (Fsp3) is 0.375. The Hall–Kier alpha value is -3.00. The van der Waals surface area contributed by atoms with Crippen molar-refractivity contribution in [3.63, 3.8) is 0 Å². The van der Waals surface area contributed by atoms with E-state index >= 15 is 0 Å². The maximum Gasteiger partial charge on any atom is 0.234 e. The van der Waals surface area contributed by atoms with Crippen molar-refractivity contribution in [2.75, 3.05) is 18.2 Å². The molecule has 8 heteroatoms. The van der Waals surface area contributed by atoms with Gasteiger partial charge in [-0.3, -0.25) is 4.79 Å². The fourth-order valence-electron chi connectivity index (χ4n) is 3.18. The van der Waals surface area contributed by atoms with Gasteiger partial charge in [-0.1, -0.05) is 43.8 Å². The normalized spacial score (nSPS) is 10.9. The molecule has 0 fully saturated rings. The second-order valence-corrected chi connectivity index (χ2v) is 8.64. The lowest BCUT2D eigenvalue weighted by Crippen LogP contribution is -2.15. The van der Waals surface area contributed by atoms with E-state index in [1.165, 1.54) is 17.3 Å². The number of methoxy groups -OCH3 is 1. The van der Waals surface area contributed by atoms with Crippen molar-refractivity contribution < 1.29 is 14.3 Å². The third-order valence-corrected chi connectivity index (χ3v) is 5.95. The van der Waals surface area contributed by atoms with Gasteiger partial charge in [-0.05, 0) is 55.2 Å². The van der Waals surface area contributed by atoms with Crippen molar-refractivity contribution in [1.29, 1.82) is 0 Å². The average molecular weight is 455 g/mol. The van der Waals surface area contributed by atoms with Crippen LogP contribution in [0.2, 0.25) is 0 Å². The molecule has 0 saturated carbocycles. The molecule has 0 aliphatic rings. The highest BCUT2D eigenvalue weighted by molar-refractivity contribution is 7.99. The number of rotatable bonds is 10. The van der Waals surface area contributed by atoms with Crippen LogP contribution in [0.15, 0.2) is 47.6 Å². The first-order valence-electron chi connectivity index (χ1n) is 10.6. The van der Waals surface area contributed by atoms with E-state index in [-0.39, 0.29) is 11.7 Å². The molecule has 7 nitrogen and oxygen atoms in total. The van der Waals surface area contributed by atoms with Gasteiger partial charge in [0.05, 0.1) is 18.6 Å². The molecule has 1 aromatic heterocycles. The van der Waals surface area contributed by atoms with Crippen molar-refractivity contribution in [3.8, 4) is 11.5 Å². The molecule has 1 amide bonds. The SMILES string of the molecule is CCn1c(COc2ccc(C(C)C)cc2)nnc1SCC(=O)Nc1cc(C)ccc1OC. The van der Waals surface area contributed by atoms with Gasteiger partial charge in [0.2, 0.25) is 5.91 Å². The first-order valence-corrected chi connectivity index (χ1v) is 11.6. The Morgan fingerprint density at radius 2 is 1.91 bits per heavy atom. The highest BCUT2D eigenvalue weighted by Crippen LogP contribution is 2.26. The zero-order chi connectivity index (χ0) is 23.1. The van der Waals surface area contributed by atoms with Crippen LogP contribution in [0.1, 0.15) is 43.6 Å². The molecular weight excluding hydrogens is 424 g/mol. The molecule has 0 bridgehead atoms. The number of hydrogen-bond acceptors (Lipinski definition) is 6. The first kappa shape index (κ1) is 23.7. The third-order valence-electron chi connectivity index (χ3n) is 4.99. The molecule has 1 N–H and O–H groups in total. The summed E-state index contributed by atoms with van der Waals surface area (Å²) in [7, 11) is 1.58. The van der Waals surface area contributed by atoms with Crippen LogP contribution < -0.4 is 14.8 Å². The summed E-state index contributed by atoms with van der Waals surface area (Å²) in [4.78, 5) is 12.5. The molecule has 0 radical (unpaired) electrons. The smallest absolute Gasteiger partial charge is 0.234 e. The van der Waals surface area contributed by atoms with Crippen LogP contribution in [-0.2, 0) is 17.9 Å². The van der Waals surface area contributed by atoms with E-state index in [9.17, 15) is 4.79 Å². The average Bonchev–Trinajstić information content (AvgIpc) is 3.18. The monoisotopic (exact) mass is 454 g/mol. The summed E-state index contributed by atoms with van der Waals surface area (Å²) in [6, 6.07) is 13.8. The van der Waals surface area contributed by atoms with Crippen molar-refractivity contribution in [1.82, 2.24) is 14.8 Å². The lowest BCUT2D eigenvalue weighted by molar-refractivity contribution is -0.113. The van der Waals surface area contributed by atoms with E-state index in [0.717, 1.165) is 17.1 Å². The summed E-state index contributed by atoms with van der Waals surface area (Å²) in [5.74, 6) is 2.71. The van der Waals surface area contributed by atoms with Gasteiger partial charge in [0.15, 0.2) is 11.0 Å². The van der Waals surface area contributed by atoms with Crippen LogP contribution in [0, 0.1) is 6.92 Å². The summed E-state index contributed by atoms with van der Waals surface area (Å²) in [6.45, 7) is 9.32. The third kappa shape index (κ3) is 6.03. The van der Waals surface area contributed by atoms with E-state index in [1.54, 1.807) is 7.11 Å². The number of carbonyl (C=O) groups is 1. The number of ether oxygens (including phenoxy) is 2. The minimum atomic E-state index is -0.132. The van der Waals surface area contributed by atoms with Crippen LogP contribution in [0.5, 0.6) is 11.5 Å². The van der Waals surface area contributed by atoms with Crippen molar-refractivity contribution >= 4 is 23.4 Å². The van der Waals surface area contributed by atoms with Crippen LogP contribution >= 0.6 is 11.8 Å². The molecule has 0 unspecified atom stereocenters. The summed E-state index contributed by atoms with van der Waals surface area (Å²) in [5.41, 5.74) is 2.98. The van der Waals surface area contributed by atoms with E-state index in [4.69, 9.17) is 9.47 Å². The summed E-state index contributed by atoms with van der Waals surface area (Å²) < 4.78 is 13.2. The van der Waals surface area contributed by atoms with Gasteiger partial charge in [0.25, 0.3) is 0 Å². The Kier molecular flexibility index (Phi) is 8.16. The molecule has 0 spiro atoms. The molecule has 0 atom stereocenters. The van der Waals surface area contributed by atoms with Gasteiger partial charge in [-0.2, -0.15) is 0 Å². The molecule has 0 saturated heterocycles. The van der Waals surface area contributed by atoms with Crippen molar-refractivity contribution in [2.24, 2.45) is 0 Å². The minimum Gasteiger partial charge on any atom is -0.495 e. The standard InChI is InChI=1S/C24H30N4O3S/c1-6-28-22(14-31-19-10-8-18(9-11-19)16(2)3)26-27-24(28)32-15-23(29)25-20-13-17(4)7-12-21(20)30-5/h7-13,16H,6,14-15H2,1-5H3,(H,25,29). The molecule has 1 heterocycles. The molecular formula is C24H30N4O3S. The Labute approximate surface area is 193 Å². The zero-order valence-electron chi connectivity index (χ0n) is 19.2. The molecule has 170 valence electrons. The number of carbonyl (C=O) groups excluding carboxylic acids is 1. The number of hydrogen-bond donors (Lipinski definition) is 1. The van der Waals surface area contributed by atoms with E-state index in [2.05, 4.69) is 41.5 Å². The fourth-order valence-corrected chi connectivity index (χ4v) is 4.00. The van der Waals surface area contributed by atoms with Gasteiger partial charge < -0.3 is 19.4 Å². The van der Waals surface area contributed by atoms with Crippen LogP contribution in [0.25, 0.3) is 0 Å². The Balaban J connectivity index is 1.58. The number of benzene rings is 2. The second-order valence-electron chi connectivity index (χ2n) is 7.70. The molecule has 2 aromatic carbocycles. The van der Waals surface area contributed by atoms with Crippen molar-refractivity contribution in [2.45, 2.75) is 51.9 Å². The van der Waals surface area contributed by atoms with Gasteiger partial charge >= 0.3 is 0 Å². The van der Waals surface area contributed by atoms with Crippen molar-refractivity contribution in [3.05, 3.63) is 59.4 Å². The summed E-state index contributed by atoms with van der Waals surface area (Å²) in [5, 5.41) is 12.1. The van der Waals surface area contributed by atoms with Crippen LogP contribution in [0.4, 0.5) is 5.69 Å². The second kappa shape index (κ2) is 11.0. The van der Waals surface area contributed by atoms with Crippen LogP contribution in [0.3, 0.4) is 0 Å². The van der Waals surface area contributed by atoms with Gasteiger partial charge in [-0.25, -0.2) is 0 Å². The summed E-state index contributed by atoms with van der Waals surface area (Å²) in [6.07, 6.45) is 0.